The Kier molecular flexibility index (Phi) is 6.16. The molecular formula is C14H17IN4O4. The Balaban J connectivity index is 1.85. The molecule has 1 fully saturated rings. The van der Waals surface area contributed by atoms with Crippen LogP contribution in [0.3, 0.4) is 0 Å². The van der Waals surface area contributed by atoms with Crippen molar-refractivity contribution in [3.05, 3.63) is 33.4 Å². The van der Waals surface area contributed by atoms with E-state index in [0.29, 0.717) is 6.54 Å². The van der Waals surface area contributed by atoms with Crippen molar-refractivity contribution in [1.29, 1.82) is 0 Å². The molecule has 0 spiro atoms. The Morgan fingerprint density at radius 2 is 2.22 bits per heavy atom. The molecule has 1 heterocycles. The number of nitrogens with one attached hydrogen (secondary N) is 4. The van der Waals surface area contributed by atoms with Crippen molar-refractivity contribution >= 4 is 40.4 Å². The molecule has 2 rings (SSSR count). The Morgan fingerprint density at radius 3 is 2.83 bits per heavy atom. The molecule has 1 saturated heterocycles. The first-order valence-corrected chi connectivity index (χ1v) is 8.05. The minimum absolute atomic E-state index is 0.146. The van der Waals surface area contributed by atoms with Crippen LogP contribution in [0.25, 0.3) is 0 Å². The van der Waals surface area contributed by atoms with Crippen LogP contribution < -0.4 is 21.3 Å². The third kappa shape index (κ3) is 5.06. The molecule has 1 aromatic carbocycles. The first-order chi connectivity index (χ1) is 11.0. The van der Waals surface area contributed by atoms with Crippen molar-refractivity contribution in [2.75, 3.05) is 13.2 Å². The number of rotatable bonds is 6. The zero-order chi connectivity index (χ0) is 16.8. The molecule has 1 aromatic rings. The van der Waals surface area contributed by atoms with Gasteiger partial charge in [0.15, 0.2) is 0 Å². The molecule has 1 aliphatic rings. The summed E-state index contributed by atoms with van der Waals surface area (Å²) in [6, 6.07) is 5.36. The van der Waals surface area contributed by atoms with Crippen LogP contribution in [-0.2, 0) is 16.1 Å². The van der Waals surface area contributed by atoms with E-state index in [4.69, 9.17) is 0 Å². The van der Waals surface area contributed by atoms with Gasteiger partial charge in [-0.1, -0.05) is 12.1 Å². The predicted molar refractivity (Wildman–Crippen MR) is 90.3 cm³/mol. The lowest BCUT2D eigenvalue weighted by Crippen LogP contribution is -2.53. The van der Waals surface area contributed by atoms with Crippen molar-refractivity contribution in [1.82, 2.24) is 21.3 Å². The minimum Gasteiger partial charge on any atom is -0.394 e. The van der Waals surface area contributed by atoms with Gasteiger partial charge in [0.25, 0.3) is 0 Å². The van der Waals surface area contributed by atoms with Crippen LogP contribution in [0, 0.1) is 3.57 Å². The molecule has 2 atom stereocenters. The SMILES string of the molecule is O=C1NCC(C(=O)N[C@@H](CO)C(=O)NCc2cccc(I)c2)N1. The van der Waals surface area contributed by atoms with Gasteiger partial charge in [-0.05, 0) is 40.3 Å². The first kappa shape index (κ1) is 17.5. The lowest BCUT2D eigenvalue weighted by molar-refractivity contribution is -0.130. The van der Waals surface area contributed by atoms with Crippen molar-refractivity contribution in [2.45, 2.75) is 18.6 Å². The Morgan fingerprint density at radius 1 is 1.43 bits per heavy atom. The van der Waals surface area contributed by atoms with Gasteiger partial charge in [-0.25, -0.2) is 4.79 Å². The number of hydrogen-bond acceptors (Lipinski definition) is 4. The van der Waals surface area contributed by atoms with Crippen LogP contribution in [0.5, 0.6) is 0 Å². The van der Waals surface area contributed by atoms with Crippen molar-refractivity contribution < 1.29 is 19.5 Å². The van der Waals surface area contributed by atoms with E-state index < -0.39 is 36.5 Å². The van der Waals surface area contributed by atoms with Crippen LogP contribution in [0.4, 0.5) is 4.79 Å². The lowest BCUT2D eigenvalue weighted by Gasteiger charge is -2.18. The van der Waals surface area contributed by atoms with Gasteiger partial charge < -0.3 is 26.4 Å². The van der Waals surface area contributed by atoms with Crippen LogP contribution in [0.1, 0.15) is 5.56 Å². The molecule has 0 bridgehead atoms. The Bertz CT molecular complexity index is 610. The highest BCUT2D eigenvalue weighted by molar-refractivity contribution is 14.1. The van der Waals surface area contributed by atoms with E-state index in [-0.39, 0.29) is 6.54 Å². The van der Waals surface area contributed by atoms with E-state index in [9.17, 15) is 19.5 Å². The van der Waals surface area contributed by atoms with Crippen LogP contribution >= 0.6 is 22.6 Å². The molecule has 0 aliphatic carbocycles. The summed E-state index contributed by atoms with van der Waals surface area (Å²) in [6.07, 6.45) is 0. The Hall–Kier alpha value is -1.88. The van der Waals surface area contributed by atoms with Crippen LogP contribution in [-0.4, -0.2) is 48.2 Å². The maximum atomic E-state index is 12.1. The summed E-state index contributed by atoms with van der Waals surface area (Å²) in [5.41, 5.74) is 0.917. The molecule has 1 unspecified atom stereocenters. The number of halogens is 1. The third-order valence-corrected chi connectivity index (χ3v) is 3.93. The molecular weight excluding hydrogens is 415 g/mol. The summed E-state index contributed by atoms with van der Waals surface area (Å²) >= 11 is 2.17. The molecule has 124 valence electrons. The molecule has 5 N–H and O–H groups in total. The lowest BCUT2D eigenvalue weighted by atomic mass is 10.2. The first-order valence-electron chi connectivity index (χ1n) is 6.97. The minimum atomic E-state index is -1.07. The molecule has 4 amide bonds. The van der Waals surface area contributed by atoms with Crippen molar-refractivity contribution in [3.63, 3.8) is 0 Å². The van der Waals surface area contributed by atoms with Gasteiger partial charge >= 0.3 is 6.03 Å². The maximum Gasteiger partial charge on any atom is 0.315 e. The molecule has 0 radical (unpaired) electrons. The van der Waals surface area contributed by atoms with Gasteiger partial charge in [-0.3, -0.25) is 9.59 Å². The average Bonchev–Trinajstić information content (AvgIpc) is 2.97. The summed E-state index contributed by atoms with van der Waals surface area (Å²) in [5, 5.41) is 19.2. The largest absolute Gasteiger partial charge is 0.394 e. The molecule has 1 aliphatic heterocycles. The van der Waals surface area contributed by atoms with E-state index in [2.05, 4.69) is 43.9 Å². The normalized spacial score (nSPS) is 17.8. The smallest absolute Gasteiger partial charge is 0.315 e. The van der Waals surface area contributed by atoms with Crippen LogP contribution in [0.15, 0.2) is 24.3 Å². The highest BCUT2D eigenvalue weighted by atomic mass is 127. The van der Waals surface area contributed by atoms with Gasteiger partial charge in [0.1, 0.15) is 12.1 Å². The van der Waals surface area contributed by atoms with Gasteiger partial charge in [0.05, 0.1) is 6.61 Å². The van der Waals surface area contributed by atoms with Gasteiger partial charge in [-0.2, -0.15) is 0 Å². The fourth-order valence-electron chi connectivity index (χ4n) is 2.04. The van der Waals surface area contributed by atoms with E-state index >= 15 is 0 Å². The van der Waals surface area contributed by atoms with E-state index in [1.54, 1.807) is 0 Å². The predicted octanol–water partition coefficient (Wildman–Crippen LogP) is -0.934. The average molecular weight is 432 g/mol. The van der Waals surface area contributed by atoms with Crippen molar-refractivity contribution in [2.24, 2.45) is 0 Å². The van der Waals surface area contributed by atoms with Crippen LogP contribution in [0.2, 0.25) is 0 Å². The fraction of sp³-hybridized carbons (Fsp3) is 0.357. The summed E-state index contributed by atoms with van der Waals surface area (Å²) in [7, 11) is 0. The number of benzene rings is 1. The number of hydrogen-bond donors (Lipinski definition) is 5. The van der Waals surface area contributed by atoms with Gasteiger partial charge in [0, 0.05) is 16.7 Å². The number of carbonyl (C=O) groups excluding carboxylic acids is 3. The molecule has 0 saturated carbocycles. The summed E-state index contributed by atoms with van der Waals surface area (Å²) < 4.78 is 1.05. The van der Waals surface area contributed by atoms with Gasteiger partial charge in [-0.15, -0.1) is 0 Å². The second-order valence-electron chi connectivity index (χ2n) is 5.00. The molecule has 23 heavy (non-hydrogen) atoms. The van der Waals surface area contributed by atoms with E-state index in [1.165, 1.54) is 0 Å². The number of aliphatic hydroxyl groups excluding tert-OH is 1. The zero-order valence-electron chi connectivity index (χ0n) is 12.1. The summed E-state index contributed by atoms with van der Waals surface area (Å²) in [5.74, 6) is -1.01. The summed E-state index contributed by atoms with van der Waals surface area (Å²) in [6.45, 7) is -0.0886. The zero-order valence-corrected chi connectivity index (χ0v) is 14.3. The number of urea groups is 1. The van der Waals surface area contributed by atoms with Gasteiger partial charge in [0.2, 0.25) is 11.8 Å². The fourth-order valence-corrected chi connectivity index (χ4v) is 2.65. The number of aliphatic hydroxyl groups is 1. The number of carbonyl (C=O) groups is 3. The molecule has 9 heteroatoms. The molecule has 8 nitrogen and oxygen atoms in total. The second kappa shape index (κ2) is 8.11. The van der Waals surface area contributed by atoms with E-state index in [0.717, 1.165) is 9.13 Å². The monoisotopic (exact) mass is 432 g/mol. The quantitative estimate of drug-likeness (QED) is 0.373. The second-order valence-corrected chi connectivity index (χ2v) is 6.24. The molecule has 0 aromatic heterocycles. The topological polar surface area (TPSA) is 120 Å². The standard InChI is InChI=1S/C14H17IN4O4/c15-9-3-1-2-8(4-9)5-16-12(21)11(7-20)18-13(22)10-6-17-14(23)19-10/h1-4,10-11,20H,5-7H2,(H,16,21)(H,18,22)(H2,17,19,23)/t10?,11-/m0/s1. The Labute approximate surface area is 146 Å². The maximum absolute atomic E-state index is 12.1. The highest BCUT2D eigenvalue weighted by Crippen LogP contribution is 2.07. The number of amides is 4. The van der Waals surface area contributed by atoms with E-state index in [1.807, 2.05) is 24.3 Å². The van der Waals surface area contributed by atoms with Crippen molar-refractivity contribution in [3.8, 4) is 0 Å². The summed E-state index contributed by atoms with van der Waals surface area (Å²) in [4.78, 5) is 35.0. The highest BCUT2D eigenvalue weighted by Gasteiger charge is 2.29. The third-order valence-electron chi connectivity index (χ3n) is 3.26.